The van der Waals surface area contributed by atoms with E-state index < -0.39 is 16.0 Å². The number of aromatic carboxylic acids is 1. The minimum atomic E-state index is -3.53. The van der Waals surface area contributed by atoms with Gasteiger partial charge in [0.15, 0.2) is 0 Å². The number of likely N-dealkylation sites (tertiary alicyclic amines) is 1. The van der Waals surface area contributed by atoms with Crippen LogP contribution in [0.4, 0.5) is 4.79 Å². The maximum atomic E-state index is 12.4. The molecule has 2 aromatic rings. The molecule has 0 aliphatic carbocycles. The largest absolute Gasteiger partial charge is 0.478 e. The summed E-state index contributed by atoms with van der Waals surface area (Å²) in [5, 5.41) is 11.6. The van der Waals surface area contributed by atoms with Crippen molar-refractivity contribution in [3.05, 3.63) is 65.7 Å². The standard InChI is InChI=1S/C15H20N2O2.C13H19NO4S/c18-14-16-12-15(19-14)7-10-17(11-8-15)9-6-13-4-2-1-3-5-13;1-3-9-14(10-4-2)19(17,18)12-7-5-11(6-8-12)13(15)16/h1-5H,6-12H2,(H,16,18);5-8H,3-4,9-10H2,1-2H3,(H,15,16). The van der Waals surface area contributed by atoms with Crippen molar-refractivity contribution in [2.45, 2.75) is 56.4 Å². The van der Waals surface area contributed by atoms with E-state index in [0.717, 1.165) is 51.7 Å². The fourth-order valence-electron chi connectivity index (χ4n) is 4.67. The van der Waals surface area contributed by atoms with Crippen LogP contribution in [-0.2, 0) is 21.2 Å². The van der Waals surface area contributed by atoms with Gasteiger partial charge in [0.25, 0.3) is 0 Å². The topological polar surface area (TPSA) is 116 Å². The van der Waals surface area contributed by atoms with Crippen LogP contribution >= 0.6 is 0 Å². The lowest BCUT2D eigenvalue weighted by atomic mass is 9.91. The van der Waals surface area contributed by atoms with Gasteiger partial charge in [0.1, 0.15) is 5.60 Å². The van der Waals surface area contributed by atoms with Gasteiger partial charge in [-0.3, -0.25) is 0 Å². The fourth-order valence-corrected chi connectivity index (χ4v) is 6.29. The third kappa shape index (κ3) is 8.02. The van der Waals surface area contributed by atoms with E-state index >= 15 is 0 Å². The Labute approximate surface area is 225 Å². The van der Waals surface area contributed by atoms with Crippen LogP contribution in [0.2, 0.25) is 0 Å². The average Bonchev–Trinajstić information content (AvgIpc) is 3.29. The number of hydrogen-bond donors (Lipinski definition) is 2. The Kier molecular flexibility index (Phi) is 10.7. The molecule has 1 spiro atoms. The van der Waals surface area contributed by atoms with Crippen molar-refractivity contribution in [2.75, 3.05) is 39.3 Å². The monoisotopic (exact) mass is 545 g/mol. The normalized spacial score (nSPS) is 17.0. The second-order valence-corrected chi connectivity index (χ2v) is 11.7. The lowest BCUT2D eigenvalue weighted by molar-refractivity contribution is 0.00122. The molecule has 0 radical (unpaired) electrons. The molecule has 0 bridgehead atoms. The van der Waals surface area contributed by atoms with Gasteiger partial charge < -0.3 is 20.1 Å². The fraction of sp³-hybridized carbons (Fsp3) is 0.500. The molecule has 2 aliphatic rings. The number of carbonyl (C=O) groups is 2. The summed E-state index contributed by atoms with van der Waals surface area (Å²) in [5.74, 6) is -1.07. The van der Waals surface area contributed by atoms with Crippen molar-refractivity contribution in [1.29, 1.82) is 0 Å². The summed E-state index contributed by atoms with van der Waals surface area (Å²) >= 11 is 0. The maximum Gasteiger partial charge on any atom is 0.407 e. The summed E-state index contributed by atoms with van der Waals surface area (Å²) < 4.78 is 31.6. The predicted molar refractivity (Wildman–Crippen MR) is 146 cm³/mol. The lowest BCUT2D eigenvalue weighted by Gasteiger charge is -2.37. The first-order valence-corrected chi connectivity index (χ1v) is 14.7. The zero-order chi connectivity index (χ0) is 27.6. The van der Waals surface area contributed by atoms with Gasteiger partial charge in [-0.25, -0.2) is 18.0 Å². The molecule has 2 aromatic carbocycles. The highest BCUT2D eigenvalue weighted by atomic mass is 32.2. The third-order valence-corrected chi connectivity index (χ3v) is 8.79. The molecule has 208 valence electrons. The summed E-state index contributed by atoms with van der Waals surface area (Å²) in [7, 11) is -3.53. The Hall–Kier alpha value is -2.95. The number of carboxylic acids is 1. The summed E-state index contributed by atoms with van der Waals surface area (Å²) in [5.41, 5.74) is 1.24. The van der Waals surface area contributed by atoms with Crippen LogP contribution in [0.25, 0.3) is 0 Å². The number of hydrogen-bond acceptors (Lipinski definition) is 6. The van der Waals surface area contributed by atoms with Crippen molar-refractivity contribution in [3.8, 4) is 0 Å². The molecule has 0 atom stereocenters. The van der Waals surface area contributed by atoms with E-state index in [0.29, 0.717) is 19.6 Å². The number of carboxylic acid groups (broad SMARTS) is 1. The average molecular weight is 546 g/mol. The summed E-state index contributed by atoms with van der Waals surface area (Å²) in [6, 6.07) is 15.9. The van der Waals surface area contributed by atoms with Crippen LogP contribution < -0.4 is 5.32 Å². The number of alkyl carbamates (subject to hydrolysis) is 1. The molecule has 4 rings (SSSR count). The molecular weight excluding hydrogens is 506 g/mol. The van der Waals surface area contributed by atoms with Crippen LogP contribution in [0.3, 0.4) is 0 Å². The van der Waals surface area contributed by atoms with Crippen molar-refractivity contribution in [1.82, 2.24) is 14.5 Å². The Morgan fingerprint density at radius 2 is 1.63 bits per heavy atom. The molecule has 0 unspecified atom stereocenters. The molecular formula is C28H39N3O6S. The van der Waals surface area contributed by atoms with Gasteiger partial charge in [-0.15, -0.1) is 0 Å². The molecule has 38 heavy (non-hydrogen) atoms. The maximum absolute atomic E-state index is 12.4. The van der Waals surface area contributed by atoms with Crippen molar-refractivity contribution >= 4 is 22.1 Å². The van der Waals surface area contributed by atoms with Gasteiger partial charge in [0, 0.05) is 45.6 Å². The molecule has 9 nitrogen and oxygen atoms in total. The second kappa shape index (κ2) is 13.7. The Morgan fingerprint density at radius 3 is 2.13 bits per heavy atom. The quantitative estimate of drug-likeness (QED) is 0.464. The first-order chi connectivity index (χ1) is 18.2. The summed E-state index contributed by atoms with van der Waals surface area (Å²) in [6.45, 7) is 8.58. The van der Waals surface area contributed by atoms with E-state index in [4.69, 9.17) is 9.84 Å². The summed E-state index contributed by atoms with van der Waals surface area (Å²) in [6.07, 6.45) is 4.21. The highest BCUT2D eigenvalue weighted by Crippen LogP contribution is 2.29. The van der Waals surface area contributed by atoms with Gasteiger partial charge in [-0.2, -0.15) is 4.31 Å². The molecule has 10 heteroatoms. The van der Waals surface area contributed by atoms with E-state index in [1.54, 1.807) is 0 Å². The van der Waals surface area contributed by atoms with Crippen LogP contribution in [0.15, 0.2) is 59.5 Å². The van der Waals surface area contributed by atoms with Crippen LogP contribution in [0.1, 0.15) is 55.5 Å². The van der Waals surface area contributed by atoms with Gasteiger partial charge in [-0.05, 0) is 49.1 Å². The van der Waals surface area contributed by atoms with Crippen molar-refractivity contribution < 1.29 is 27.9 Å². The molecule has 0 saturated carbocycles. The smallest absolute Gasteiger partial charge is 0.407 e. The van der Waals surface area contributed by atoms with E-state index in [-0.39, 0.29) is 22.2 Å². The highest BCUT2D eigenvalue weighted by molar-refractivity contribution is 7.89. The molecule has 1 amide bonds. The number of sulfonamides is 1. The van der Waals surface area contributed by atoms with Gasteiger partial charge in [-0.1, -0.05) is 44.2 Å². The molecule has 2 aliphatic heterocycles. The van der Waals surface area contributed by atoms with Gasteiger partial charge >= 0.3 is 12.1 Å². The zero-order valence-electron chi connectivity index (χ0n) is 22.3. The Bertz CT molecular complexity index is 1140. The van der Waals surface area contributed by atoms with Crippen LogP contribution in [0.5, 0.6) is 0 Å². The molecule has 2 N–H and O–H groups in total. The number of amides is 1. The Balaban J connectivity index is 0.000000211. The van der Waals surface area contributed by atoms with Crippen molar-refractivity contribution in [2.24, 2.45) is 0 Å². The van der Waals surface area contributed by atoms with Crippen LogP contribution in [-0.4, -0.2) is 79.7 Å². The first-order valence-electron chi connectivity index (χ1n) is 13.3. The number of nitrogens with one attached hydrogen (secondary N) is 1. The molecule has 2 saturated heterocycles. The number of nitrogens with zero attached hydrogens (tertiary/aromatic N) is 2. The number of carbonyl (C=O) groups excluding carboxylic acids is 1. The molecule has 2 heterocycles. The van der Waals surface area contributed by atoms with Gasteiger partial charge in [0.2, 0.25) is 10.0 Å². The van der Waals surface area contributed by atoms with Crippen molar-refractivity contribution in [3.63, 3.8) is 0 Å². The predicted octanol–water partition coefficient (Wildman–Crippen LogP) is 4.00. The van der Waals surface area contributed by atoms with Gasteiger partial charge in [0.05, 0.1) is 17.0 Å². The third-order valence-electron chi connectivity index (χ3n) is 6.88. The van der Waals surface area contributed by atoms with E-state index in [1.165, 1.54) is 34.1 Å². The number of rotatable bonds is 10. The van der Waals surface area contributed by atoms with E-state index in [2.05, 4.69) is 40.5 Å². The Morgan fingerprint density at radius 1 is 1.03 bits per heavy atom. The lowest BCUT2D eigenvalue weighted by Crippen LogP contribution is -2.47. The second-order valence-electron chi connectivity index (χ2n) is 9.74. The number of piperidine rings is 1. The minimum Gasteiger partial charge on any atom is -0.478 e. The molecule has 0 aromatic heterocycles. The summed E-state index contributed by atoms with van der Waals surface area (Å²) in [4.78, 5) is 24.5. The molecule has 2 fully saturated rings. The highest BCUT2D eigenvalue weighted by Gasteiger charge is 2.42. The number of ether oxygens (including phenoxy) is 1. The van der Waals surface area contributed by atoms with E-state index in [1.807, 2.05) is 13.8 Å². The minimum absolute atomic E-state index is 0.0801. The first kappa shape index (κ1) is 29.6. The van der Waals surface area contributed by atoms with E-state index in [9.17, 15) is 18.0 Å². The zero-order valence-corrected chi connectivity index (χ0v) is 23.1. The number of benzene rings is 2. The SMILES string of the molecule is CCCN(CCC)S(=O)(=O)c1ccc(C(=O)O)cc1.O=C1NCC2(CCN(CCc3ccccc3)CC2)O1. The van der Waals surface area contributed by atoms with Crippen LogP contribution in [0, 0.1) is 0 Å².